The van der Waals surface area contributed by atoms with Crippen molar-refractivity contribution in [3.05, 3.63) is 77.5 Å². The zero-order valence-corrected chi connectivity index (χ0v) is 27.2. The molecular formula is C36H47N3O5. The number of hydrogen-bond acceptors (Lipinski definition) is 6. The van der Waals surface area contributed by atoms with Gasteiger partial charge in [-0.1, -0.05) is 52.8 Å². The van der Waals surface area contributed by atoms with Gasteiger partial charge in [-0.05, 0) is 73.1 Å². The minimum atomic E-state index is -0.817. The molecular weight excluding hydrogens is 554 g/mol. The van der Waals surface area contributed by atoms with Crippen molar-refractivity contribution in [3.63, 3.8) is 0 Å². The van der Waals surface area contributed by atoms with E-state index in [2.05, 4.69) is 25.7 Å². The molecule has 0 spiro atoms. The van der Waals surface area contributed by atoms with E-state index < -0.39 is 11.4 Å². The number of anilines is 2. The summed E-state index contributed by atoms with van der Waals surface area (Å²) >= 11 is 0. The molecule has 0 saturated carbocycles. The van der Waals surface area contributed by atoms with Gasteiger partial charge >= 0.3 is 5.97 Å². The monoisotopic (exact) mass is 601 g/mol. The number of hydrogen-bond donors (Lipinski definition) is 1. The summed E-state index contributed by atoms with van der Waals surface area (Å²) in [5.74, 6) is 1.59. The predicted molar refractivity (Wildman–Crippen MR) is 175 cm³/mol. The van der Waals surface area contributed by atoms with Gasteiger partial charge in [-0.3, -0.25) is 14.5 Å². The van der Waals surface area contributed by atoms with Crippen molar-refractivity contribution in [1.29, 1.82) is 0 Å². The molecule has 236 valence electrons. The SMILES string of the molecule is COc1ccc(C(=O)N(CC(C)(C)C)c2cccc(C)n2)c(N2CCC(COc3cccc(C(C)(C)CC(=O)O)c3)CC2)c1. The summed E-state index contributed by atoms with van der Waals surface area (Å²) in [5.41, 5.74) is 2.70. The summed E-state index contributed by atoms with van der Waals surface area (Å²) in [6.07, 6.45) is 1.89. The molecule has 1 saturated heterocycles. The first-order valence-corrected chi connectivity index (χ1v) is 15.4. The molecule has 8 heteroatoms. The molecule has 44 heavy (non-hydrogen) atoms. The fourth-order valence-electron chi connectivity index (χ4n) is 5.68. The summed E-state index contributed by atoms with van der Waals surface area (Å²) in [7, 11) is 1.64. The summed E-state index contributed by atoms with van der Waals surface area (Å²) in [6, 6.07) is 19.2. The number of benzene rings is 2. The number of ether oxygens (including phenoxy) is 2. The number of carbonyl (C=O) groups excluding carboxylic acids is 1. The number of nitrogens with zero attached hydrogens (tertiary/aromatic N) is 3. The van der Waals surface area contributed by atoms with Crippen LogP contribution in [0.1, 0.15) is 75.5 Å². The molecule has 4 rings (SSSR count). The zero-order valence-electron chi connectivity index (χ0n) is 27.2. The summed E-state index contributed by atoms with van der Waals surface area (Å²) in [6.45, 7) is 14.9. The Morgan fingerprint density at radius 2 is 1.68 bits per heavy atom. The second-order valence-electron chi connectivity index (χ2n) is 13.7. The van der Waals surface area contributed by atoms with Crippen molar-refractivity contribution in [2.75, 3.05) is 43.2 Å². The van der Waals surface area contributed by atoms with E-state index in [1.807, 2.05) is 81.4 Å². The lowest BCUT2D eigenvalue weighted by atomic mass is 9.81. The van der Waals surface area contributed by atoms with Crippen LogP contribution in [0, 0.1) is 18.3 Å². The highest BCUT2D eigenvalue weighted by Crippen LogP contribution is 2.34. The van der Waals surface area contributed by atoms with E-state index in [4.69, 9.17) is 14.5 Å². The number of carboxylic acids is 1. The fourth-order valence-corrected chi connectivity index (χ4v) is 5.68. The maximum absolute atomic E-state index is 14.2. The Hall–Kier alpha value is -4.07. The molecule has 1 aromatic heterocycles. The van der Waals surface area contributed by atoms with Gasteiger partial charge in [0.2, 0.25) is 0 Å². The molecule has 1 aliphatic rings. The Bertz CT molecular complexity index is 1450. The molecule has 2 aromatic carbocycles. The van der Waals surface area contributed by atoms with Crippen molar-refractivity contribution >= 4 is 23.4 Å². The van der Waals surface area contributed by atoms with Gasteiger partial charge in [0, 0.05) is 36.8 Å². The van der Waals surface area contributed by atoms with Gasteiger partial charge in [-0.15, -0.1) is 0 Å². The van der Waals surface area contributed by atoms with Crippen molar-refractivity contribution in [1.82, 2.24) is 4.98 Å². The topological polar surface area (TPSA) is 92.2 Å². The number of aromatic nitrogens is 1. The van der Waals surface area contributed by atoms with Gasteiger partial charge in [-0.2, -0.15) is 0 Å². The molecule has 0 bridgehead atoms. The first-order chi connectivity index (χ1) is 20.8. The standard InChI is InChI=1S/C36H47N3O5/c1-25-10-8-13-32(37-25)39(24-35(2,3)4)34(42)30-15-14-28(43-7)21-31(30)38-18-16-26(17-19-38)23-44-29-12-9-11-27(20-29)36(5,6)22-33(40)41/h8-15,20-21,26H,16-19,22-24H2,1-7H3,(H,40,41). The molecule has 0 aliphatic carbocycles. The highest BCUT2D eigenvalue weighted by molar-refractivity contribution is 6.09. The van der Waals surface area contributed by atoms with Crippen LogP contribution in [0.15, 0.2) is 60.7 Å². The number of amides is 1. The third kappa shape index (κ3) is 8.52. The fraction of sp³-hybridized carbons (Fsp3) is 0.472. The maximum Gasteiger partial charge on any atom is 0.304 e. The van der Waals surface area contributed by atoms with Gasteiger partial charge in [-0.25, -0.2) is 4.98 Å². The third-order valence-electron chi connectivity index (χ3n) is 8.11. The van der Waals surface area contributed by atoms with Crippen LogP contribution in [0.3, 0.4) is 0 Å². The lowest BCUT2D eigenvalue weighted by molar-refractivity contribution is -0.138. The van der Waals surface area contributed by atoms with Crippen molar-refractivity contribution in [2.45, 2.75) is 66.2 Å². The molecule has 1 N–H and O–H groups in total. The van der Waals surface area contributed by atoms with Crippen molar-refractivity contribution in [2.24, 2.45) is 11.3 Å². The van der Waals surface area contributed by atoms with E-state index in [-0.39, 0.29) is 17.7 Å². The van der Waals surface area contributed by atoms with Gasteiger partial charge in [0.25, 0.3) is 5.91 Å². The minimum absolute atomic E-state index is 0.0547. The first-order valence-electron chi connectivity index (χ1n) is 15.4. The van der Waals surface area contributed by atoms with Crippen LogP contribution in [0.2, 0.25) is 0 Å². The molecule has 1 amide bonds. The van der Waals surface area contributed by atoms with Crippen LogP contribution in [-0.2, 0) is 10.2 Å². The number of methoxy groups -OCH3 is 1. The van der Waals surface area contributed by atoms with Crippen LogP contribution in [0.4, 0.5) is 11.5 Å². The van der Waals surface area contributed by atoms with E-state index >= 15 is 0 Å². The van der Waals surface area contributed by atoms with Crippen LogP contribution < -0.4 is 19.3 Å². The number of piperidine rings is 1. The molecule has 0 atom stereocenters. The molecule has 2 heterocycles. The second-order valence-corrected chi connectivity index (χ2v) is 13.7. The summed E-state index contributed by atoms with van der Waals surface area (Å²) in [5, 5.41) is 9.30. The third-order valence-corrected chi connectivity index (χ3v) is 8.11. The van der Waals surface area contributed by atoms with E-state index in [0.29, 0.717) is 36.2 Å². The van der Waals surface area contributed by atoms with Gasteiger partial charge < -0.3 is 19.5 Å². The maximum atomic E-state index is 14.2. The zero-order chi connectivity index (χ0) is 32.1. The Labute approximate surface area is 262 Å². The van der Waals surface area contributed by atoms with Crippen LogP contribution in [-0.4, -0.2) is 55.3 Å². The van der Waals surface area contributed by atoms with Gasteiger partial charge in [0.15, 0.2) is 0 Å². The van der Waals surface area contributed by atoms with E-state index in [1.54, 1.807) is 12.0 Å². The Balaban J connectivity index is 1.48. The second kappa shape index (κ2) is 13.7. The summed E-state index contributed by atoms with van der Waals surface area (Å²) < 4.78 is 11.8. The van der Waals surface area contributed by atoms with Gasteiger partial charge in [0.05, 0.1) is 31.4 Å². The Morgan fingerprint density at radius 3 is 2.32 bits per heavy atom. The van der Waals surface area contributed by atoms with Crippen LogP contribution >= 0.6 is 0 Å². The van der Waals surface area contributed by atoms with Crippen LogP contribution in [0.25, 0.3) is 0 Å². The highest BCUT2D eigenvalue weighted by atomic mass is 16.5. The molecule has 3 aromatic rings. The Kier molecular flexibility index (Phi) is 10.2. The molecule has 8 nitrogen and oxygen atoms in total. The smallest absolute Gasteiger partial charge is 0.304 e. The quantitative estimate of drug-likeness (QED) is 0.250. The van der Waals surface area contributed by atoms with Crippen molar-refractivity contribution < 1.29 is 24.2 Å². The molecule has 0 unspecified atom stereocenters. The first kappa shape index (κ1) is 32.8. The van der Waals surface area contributed by atoms with E-state index in [1.165, 1.54) is 0 Å². The van der Waals surface area contributed by atoms with Crippen LogP contribution in [0.5, 0.6) is 11.5 Å². The normalized spacial score (nSPS) is 14.3. The van der Waals surface area contributed by atoms with E-state index in [0.717, 1.165) is 48.6 Å². The lowest BCUT2D eigenvalue weighted by Gasteiger charge is -2.36. The number of carbonyl (C=O) groups is 2. The highest BCUT2D eigenvalue weighted by Gasteiger charge is 2.30. The Morgan fingerprint density at radius 1 is 0.977 bits per heavy atom. The number of aryl methyl sites for hydroxylation is 1. The largest absolute Gasteiger partial charge is 0.497 e. The summed E-state index contributed by atoms with van der Waals surface area (Å²) in [4.78, 5) is 34.3. The van der Waals surface area contributed by atoms with Gasteiger partial charge in [0.1, 0.15) is 17.3 Å². The molecule has 1 aliphatic heterocycles. The number of carboxylic acid groups (broad SMARTS) is 1. The average molecular weight is 602 g/mol. The predicted octanol–water partition coefficient (Wildman–Crippen LogP) is 7.14. The minimum Gasteiger partial charge on any atom is -0.497 e. The molecule has 0 radical (unpaired) electrons. The number of aliphatic carboxylic acids is 1. The number of rotatable bonds is 11. The molecule has 1 fully saturated rings. The van der Waals surface area contributed by atoms with Crippen molar-refractivity contribution in [3.8, 4) is 11.5 Å². The number of pyridine rings is 1. The lowest BCUT2D eigenvalue weighted by Crippen LogP contribution is -2.41. The average Bonchev–Trinajstić information content (AvgIpc) is 2.97. The van der Waals surface area contributed by atoms with E-state index in [9.17, 15) is 14.7 Å².